The summed E-state index contributed by atoms with van der Waals surface area (Å²) in [5.41, 5.74) is 0.513. The molecule has 4 rings (SSSR count). The van der Waals surface area contributed by atoms with Crippen molar-refractivity contribution in [2.75, 3.05) is 5.32 Å². The Labute approximate surface area is 157 Å². The summed E-state index contributed by atoms with van der Waals surface area (Å²) in [5.74, 6) is -0.546. The highest BCUT2D eigenvalue weighted by Gasteiger charge is 2.44. The summed E-state index contributed by atoms with van der Waals surface area (Å²) < 4.78 is 40.6. The highest BCUT2D eigenvalue weighted by Crippen LogP contribution is 2.54. The second-order valence-electron chi connectivity index (χ2n) is 6.71. The first-order valence-electron chi connectivity index (χ1n) is 8.34. The first-order chi connectivity index (χ1) is 12.8. The molecule has 8 heteroatoms. The molecule has 2 aromatic carbocycles. The zero-order valence-electron chi connectivity index (χ0n) is 13.8. The van der Waals surface area contributed by atoms with Gasteiger partial charge in [-0.2, -0.15) is 13.2 Å². The molecule has 0 spiro atoms. The molecule has 1 aliphatic carbocycles. The Morgan fingerprint density at radius 1 is 1.15 bits per heavy atom. The molecule has 0 bridgehead atoms. The van der Waals surface area contributed by atoms with E-state index in [4.69, 9.17) is 11.6 Å². The summed E-state index contributed by atoms with van der Waals surface area (Å²) in [7, 11) is 0. The molecule has 140 valence electrons. The SMILES string of the molecule is O=[N+]([O-])c1ccc([C@@H]2Nc3c(Cl)ccc(C(F)(F)F)c3[C@@H]3C=CC[C@@H]32)cc1. The Hall–Kier alpha value is -2.54. The summed E-state index contributed by atoms with van der Waals surface area (Å²) in [6.07, 6.45) is -0.181. The van der Waals surface area contributed by atoms with E-state index in [1.54, 1.807) is 18.2 Å². The molecule has 27 heavy (non-hydrogen) atoms. The highest BCUT2D eigenvalue weighted by molar-refractivity contribution is 6.33. The van der Waals surface area contributed by atoms with Gasteiger partial charge in [-0.15, -0.1) is 0 Å². The largest absolute Gasteiger partial charge is 0.416 e. The van der Waals surface area contributed by atoms with Crippen molar-refractivity contribution in [3.63, 3.8) is 0 Å². The number of allylic oxidation sites excluding steroid dienone is 2. The average molecular weight is 395 g/mol. The van der Waals surface area contributed by atoms with Gasteiger partial charge in [0.15, 0.2) is 0 Å². The number of nitro benzene ring substituents is 1. The Kier molecular flexibility index (Phi) is 4.14. The third-order valence-corrected chi connectivity index (χ3v) is 5.55. The molecule has 0 amide bonds. The first kappa shape index (κ1) is 17.9. The van der Waals surface area contributed by atoms with E-state index in [-0.39, 0.29) is 33.9 Å². The number of hydrogen-bond acceptors (Lipinski definition) is 3. The van der Waals surface area contributed by atoms with E-state index in [9.17, 15) is 23.3 Å². The second kappa shape index (κ2) is 6.27. The van der Waals surface area contributed by atoms with Crippen LogP contribution in [0.2, 0.25) is 5.02 Å². The monoisotopic (exact) mass is 394 g/mol. The van der Waals surface area contributed by atoms with Crippen molar-refractivity contribution < 1.29 is 18.1 Å². The van der Waals surface area contributed by atoms with Crippen LogP contribution in [-0.2, 0) is 6.18 Å². The number of benzene rings is 2. The van der Waals surface area contributed by atoms with E-state index >= 15 is 0 Å². The molecular weight excluding hydrogens is 381 g/mol. The summed E-state index contributed by atoms with van der Waals surface area (Å²) in [5, 5.41) is 14.3. The third kappa shape index (κ3) is 2.96. The van der Waals surface area contributed by atoms with Crippen LogP contribution in [0.25, 0.3) is 0 Å². The molecule has 3 atom stereocenters. The van der Waals surface area contributed by atoms with Gasteiger partial charge in [0.1, 0.15) is 0 Å². The predicted octanol–water partition coefficient (Wildman–Crippen LogP) is 6.09. The molecule has 0 radical (unpaired) electrons. The van der Waals surface area contributed by atoms with Crippen LogP contribution in [0.15, 0.2) is 48.6 Å². The molecule has 4 nitrogen and oxygen atoms in total. The molecule has 0 saturated carbocycles. The van der Waals surface area contributed by atoms with Gasteiger partial charge in [0, 0.05) is 18.1 Å². The third-order valence-electron chi connectivity index (χ3n) is 5.24. The van der Waals surface area contributed by atoms with Crippen molar-refractivity contribution >= 4 is 23.0 Å². The van der Waals surface area contributed by atoms with E-state index in [0.29, 0.717) is 6.42 Å². The minimum absolute atomic E-state index is 0.0338. The van der Waals surface area contributed by atoms with Gasteiger partial charge in [-0.1, -0.05) is 35.9 Å². The molecule has 1 heterocycles. The van der Waals surface area contributed by atoms with E-state index in [1.165, 1.54) is 18.2 Å². The van der Waals surface area contributed by atoms with Crippen LogP contribution >= 0.6 is 11.6 Å². The first-order valence-corrected chi connectivity index (χ1v) is 8.72. The fourth-order valence-corrected chi connectivity index (χ4v) is 4.27. The number of non-ortho nitro benzene ring substituents is 1. The van der Waals surface area contributed by atoms with Crippen LogP contribution in [0.1, 0.15) is 35.1 Å². The second-order valence-corrected chi connectivity index (χ2v) is 7.11. The lowest BCUT2D eigenvalue weighted by atomic mass is 9.75. The molecular formula is C19H14ClF3N2O2. The minimum Gasteiger partial charge on any atom is -0.376 e. The standard InChI is InChI=1S/C19H14ClF3N2O2/c20-15-9-8-14(19(21,22)23)16-12-2-1-3-13(12)17(24-18(15)16)10-4-6-11(7-5-10)25(26)27/h1-2,4-9,12-13,17,24H,3H2/t12-,13+,17+/m1/s1. The van der Waals surface area contributed by atoms with E-state index in [1.807, 2.05) is 6.08 Å². The molecule has 1 aliphatic heterocycles. The lowest BCUT2D eigenvalue weighted by molar-refractivity contribution is -0.384. The number of alkyl halides is 3. The average Bonchev–Trinajstić information content (AvgIpc) is 3.10. The fraction of sp³-hybridized carbons (Fsp3) is 0.263. The summed E-state index contributed by atoms with van der Waals surface area (Å²) in [6, 6.07) is 8.06. The quantitative estimate of drug-likeness (QED) is 0.380. The topological polar surface area (TPSA) is 55.2 Å². The number of rotatable bonds is 2. The molecule has 0 saturated heterocycles. The maximum absolute atomic E-state index is 13.5. The van der Waals surface area contributed by atoms with E-state index < -0.39 is 22.6 Å². The van der Waals surface area contributed by atoms with Gasteiger partial charge in [-0.05, 0) is 35.6 Å². The molecule has 0 unspecified atom stereocenters. The number of nitrogens with one attached hydrogen (secondary N) is 1. The van der Waals surface area contributed by atoms with Gasteiger partial charge in [0.05, 0.1) is 27.2 Å². The normalized spacial score (nSPS) is 23.5. The molecule has 2 aliphatic rings. The number of anilines is 1. The van der Waals surface area contributed by atoms with Crippen LogP contribution in [0.4, 0.5) is 24.5 Å². The fourth-order valence-electron chi connectivity index (χ4n) is 4.05. The Morgan fingerprint density at radius 2 is 1.85 bits per heavy atom. The minimum atomic E-state index is -4.47. The van der Waals surface area contributed by atoms with Crippen molar-refractivity contribution in [2.45, 2.75) is 24.6 Å². The number of halogens is 4. The number of nitrogens with zero attached hydrogens (tertiary/aromatic N) is 1. The van der Waals surface area contributed by atoms with Crippen LogP contribution in [0.5, 0.6) is 0 Å². The van der Waals surface area contributed by atoms with Gasteiger partial charge in [0.2, 0.25) is 0 Å². The van der Waals surface area contributed by atoms with Crippen molar-refractivity contribution in [3.05, 3.63) is 80.4 Å². The molecule has 1 N–H and O–H groups in total. The molecule has 2 aromatic rings. The predicted molar refractivity (Wildman–Crippen MR) is 95.9 cm³/mol. The van der Waals surface area contributed by atoms with E-state index in [2.05, 4.69) is 5.32 Å². The van der Waals surface area contributed by atoms with Crippen LogP contribution in [0.3, 0.4) is 0 Å². The smallest absolute Gasteiger partial charge is 0.376 e. The van der Waals surface area contributed by atoms with Crippen LogP contribution < -0.4 is 5.32 Å². The molecule has 0 aromatic heterocycles. The van der Waals surface area contributed by atoms with Gasteiger partial charge in [0.25, 0.3) is 5.69 Å². The Morgan fingerprint density at radius 3 is 2.48 bits per heavy atom. The number of fused-ring (bicyclic) bond motifs is 3. The Balaban J connectivity index is 1.82. The van der Waals surface area contributed by atoms with Gasteiger partial charge < -0.3 is 5.32 Å². The van der Waals surface area contributed by atoms with Crippen molar-refractivity contribution in [2.24, 2.45) is 5.92 Å². The van der Waals surface area contributed by atoms with Crippen molar-refractivity contribution in [1.82, 2.24) is 0 Å². The number of hydrogen-bond donors (Lipinski definition) is 1. The van der Waals surface area contributed by atoms with Gasteiger partial charge >= 0.3 is 6.18 Å². The van der Waals surface area contributed by atoms with E-state index in [0.717, 1.165) is 11.6 Å². The number of nitro groups is 1. The zero-order valence-corrected chi connectivity index (χ0v) is 14.6. The van der Waals surface area contributed by atoms with Crippen LogP contribution in [0, 0.1) is 16.0 Å². The Bertz CT molecular complexity index is 941. The van der Waals surface area contributed by atoms with Crippen molar-refractivity contribution in [3.8, 4) is 0 Å². The summed E-state index contributed by atoms with van der Waals surface area (Å²) in [4.78, 5) is 10.4. The lowest BCUT2D eigenvalue weighted by Crippen LogP contribution is -2.31. The maximum atomic E-state index is 13.5. The van der Waals surface area contributed by atoms with Gasteiger partial charge in [-0.3, -0.25) is 10.1 Å². The van der Waals surface area contributed by atoms with Crippen molar-refractivity contribution in [1.29, 1.82) is 0 Å². The van der Waals surface area contributed by atoms with Crippen LogP contribution in [-0.4, -0.2) is 4.92 Å². The highest BCUT2D eigenvalue weighted by atomic mass is 35.5. The summed E-state index contributed by atoms with van der Waals surface area (Å²) in [6.45, 7) is 0. The van der Waals surface area contributed by atoms with Gasteiger partial charge in [-0.25, -0.2) is 0 Å². The molecule has 0 fully saturated rings. The lowest BCUT2D eigenvalue weighted by Gasteiger charge is -2.39. The zero-order chi connectivity index (χ0) is 19.3. The maximum Gasteiger partial charge on any atom is 0.416 e. The summed E-state index contributed by atoms with van der Waals surface area (Å²) >= 11 is 6.23.